The van der Waals surface area contributed by atoms with Crippen molar-refractivity contribution in [2.45, 2.75) is 13.0 Å². The second kappa shape index (κ2) is 11.9. The summed E-state index contributed by atoms with van der Waals surface area (Å²) in [6.45, 7) is 3.89. The summed E-state index contributed by atoms with van der Waals surface area (Å²) in [6, 6.07) is 13.9. The molecule has 1 atom stereocenters. The number of hydrogen-bond donors (Lipinski definition) is 1. The zero-order chi connectivity index (χ0) is 22.8. The van der Waals surface area contributed by atoms with E-state index in [-0.39, 0.29) is 5.69 Å². The minimum Gasteiger partial charge on any atom is -0.497 e. The van der Waals surface area contributed by atoms with Crippen LogP contribution in [0.3, 0.4) is 0 Å². The van der Waals surface area contributed by atoms with Crippen molar-refractivity contribution < 1.29 is 19.1 Å². The van der Waals surface area contributed by atoms with E-state index in [1.165, 1.54) is 12.1 Å². The Morgan fingerprint density at radius 1 is 1.22 bits per heavy atom. The molecule has 9 heteroatoms. The third kappa shape index (κ3) is 7.12. The highest BCUT2D eigenvalue weighted by Gasteiger charge is 2.17. The fourth-order valence-corrected chi connectivity index (χ4v) is 3.26. The number of nitro benzene ring substituents is 1. The van der Waals surface area contributed by atoms with Gasteiger partial charge in [-0.15, -0.1) is 0 Å². The normalized spacial score (nSPS) is 15.9. The molecule has 32 heavy (non-hydrogen) atoms. The van der Waals surface area contributed by atoms with Gasteiger partial charge in [-0.25, -0.2) is 4.99 Å². The van der Waals surface area contributed by atoms with Gasteiger partial charge >= 0.3 is 0 Å². The van der Waals surface area contributed by atoms with Crippen molar-refractivity contribution in [2.75, 3.05) is 47.1 Å². The molecule has 0 amide bonds. The van der Waals surface area contributed by atoms with Crippen molar-refractivity contribution in [3.8, 4) is 11.5 Å². The third-order valence-corrected chi connectivity index (χ3v) is 5.25. The van der Waals surface area contributed by atoms with Gasteiger partial charge in [0.1, 0.15) is 18.1 Å². The first-order valence-corrected chi connectivity index (χ1v) is 10.6. The number of methoxy groups -OCH3 is 1. The van der Waals surface area contributed by atoms with Crippen molar-refractivity contribution in [3.63, 3.8) is 0 Å². The van der Waals surface area contributed by atoms with Crippen LogP contribution in [0, 0.1) is 16.0 Å². The summed E-state index contributed by atoms with van der Waals surface area (Å²) >= 11 is 0. The standard InChI is InChI=1S/C23H30N4O5/c1-26(12-14-32-22-9-7-21(30-2)8-10-22)23(25-16-19-11-13-31-17-19)24-15-18-3-5-20(6-4-18)27(28)29/h3-10,19H,11-17H2,1-2H3,(H,24,25). The molecule has 1 saturated heterocycles. The quantitative estimate of drug-likeness (QED) is 0.261. The lowest BCUT2D eigenvalue weighted by molar-refractivity contribution is -0.384. The summed E-state index contributed by atoms with van der Waals surface area (Å²) in [7, 11) is 3.59. The minimum atomic E-state index is -0.402. The number of benzene rings is 2. The van der Waals surface area contributed by atoms with E-state index in [1.54, 1.807) is 19.2 Å². The van der Waals surface area contributed by atoms with Gasteiger partial charge in [0.15, 0.2) is 5.96 Å². The molecule has 0 bridgehead atoms. The number of nitrogens with one attached hydrogen (secondary N) is 1. The Labute approximate surface area is 188 Å². The van der Waals surface area contributed by atoms with Crippen molar-refractivity contribution in [3.05, 3.63) is 64.2 Å². The lowest BCUT2D eigenvalue weighted by Crippen LogP contribution is -2.43. The van der Waals surface area contributed by atoms with E-state index in [1.807, 2.05) is 36.2 Å². The summed E-state index contributed by atoms with van der Waals surface area (Å²) in [5, 5.41) is 14.3. The van der Waals surface area contributed by atoms with E-state index in [4.69, 9.17) is 19.2 Å². The smallest absolute Gasteiger partial charge is 0.269 e. The molecule has 1 heterocycles. The summed E-state index contributed by atoms with van der Waals surface area (Å²) in [4.78, 5) is 17.2. The monoisotopic (exact) mass is 442 g/mol. The molecule has 2 aromatic rings. The zero-order valence-corrected chi connectivity index (χ0v) is 18.5. The molecule has 2 aromatic carbocycles. The Kier molecular flexibility index (Phi) is 8.68. The maximum Gasteiger partial charge on any atom is 0.269 e. The molecule has 3 rings (SSSR count). The van der Waals surface area contributed by atoms with Gasteiger partial charge < -0.3 is 24.4 Å². The average molecular weight is 443 g/mol. The van der Waals surface area contributed by atoms with Gasteiger partial charge in [-0.3, -0.25) is 10.1 Å². The molecule has 1 aliphatic rings. The molecule has 0 radical (unpaired) electrons. The summed E-state index contributed by atoms with van der Waals surface area (Å²) in [6.07, 6.45) is 1.03. The fourth-order valence-electron chi connectivity index (χ4n) is 3.26. The summed E-state index contributed by atoms with van der Waals surface area (Å²) < 4.78 is 16.5. The Hall–Kier alpha value is -3.33. The zero-order valence-electron chi connectivity index (χ0n) is 18.5. The molecule has 1 unspecified atom stereocenters. The van der Waals surface area contributed by atoms with E-state index in [9.17, 15) is 10.1 Å². The number of nitrogens with zero attached hydrogens (tertiary/aromatic N) is 3. The van der Waals surface area contributed by atoms with Crippen molar-refractivity contribution in [1.29, 1.82) is 0 Å². The van der Waals surface area contributed by atoms with E-state index in [0.29, 0.717) is 25.6 Å². The van der Waals surface area contributed by atoms with Gasteiger partial charge in [-0.2, -0.15) is 0 Å². The van der Waals surface area contributed by atoms with Crippen LogP contribution in [0.2, 0.25) is 0 Å². The number of non-ortho nitro benzene ring substituents is 1. The fraction of sp³-hybridized carbons (Fsp3) is 0.435. The van der Waals surface area contributed by atoms with E-state index in [0.717, 1.165) is 49.2 Å². The highest BCUT2D eigenvalue weighted by atomic mass is 16.6. The molecule has 1 fully saturated rings. The van der Waals surface area contributed by atoms with E-state index in [2.05, 4.69) is 5.32 Å². The number of nitro groups is 1. The number of hydrogen-bond acceptors (Lipinski definition) is 6. The Morgan fingerprint density at radius 2 is 1.94 bits per heavy atom. The van der Waals surface area contributed by atoms with Crippen LogP contribution in [0.1, 0.15) is 12.0 Å². The van der Waals surface area contributed by atoms with Crippen LogP contribution in [0.25, 0.3) is 0 Å². The molecular weight excluding hydrogens is 412 g/mol. The molecule has 0 aromatic heterocycles. The van der Waals surface area contributed by atoms with Crippen LogP contribution < -0.4 is 14.8 Å². The van der Waals surface area contributed by atoms with Gasteiger partial charge in [0, 0.05) is 38.2 Å². The Morgan fingerprint density at radius 3 is 2.56 bits per heavy atom. The molecule has 0 aliphatic carbocycles. The first kappa shape index (κ1) is 23.3. The van der Waals surface area contributed by atoms with Gasteiger partial charge in [0.2, 0.25) is 0 Å². The molecule has 1 N–H and O–H groups in total. The number of ether oxygens (including phenoxy) is 3. The topological polar surface area (TPSA) is 98.5 Å². The second-order valence-electron chi connectivity index (χ2n) is 7.62. The SMILES string of the molecule is COc1ccc(OCCN(C)C(=NCc2ccc([N+](=O)[O-])cc2)NCC2CCOC2)cc1. The first-order valence-electron chi connectivity index (χ1n) is 10.6. The Bertz CT molecular complexity index is 880. The third-order valence-electron chi connectivity index (χ3n) is 5.25. The number of guanidine groups is 1. The number of likely N-dealkylation sites (N-methyl/N-ethyl adjacent to an activating group) is 1. The number of aliphatic imine (C=N–C) groups is 1. The summed E-state index contributed by atoms with van der Waals surface area (Å²) in [5.74, 6) is 2.78. The largest absolute Gasteiger partial charge is 0.497 e. The highest BCUT2D eigenvalue weighted by molar-refractivity contribution is 5.79. The molecular formula is C23H30N4O5. The van der Waals surface area contributed by atoms with Crippen LogP contribution >= 0.6 is 0 Å². The maximum atomic E-state index is 10.8. The summed E-state index contributed by atoms with van der Waals surface area (Å²) in [5.41, 5.74) is 0.979. The van der Waals surface area contributed by atoms with Gasteiger partial charge in [0.05, 0.1) is 31.7 Å². The van der Waals surface area contributed by atoms with Gasteiger partial charge in [0.25, 0.3) is 5.69 Å². The molecule has 0 spiro atoms. The molecule has 9 nitrogen and oxygen atoms in total. The molecule has 0 saturated carbocycles. The van der Waals surface area contributed by atoms with Crippen LogP contribution in [-0.4, -0.2) is 62.9 Å². The predicted molar refractivity (Wildman–Crippen MR) is 122 cm³/mol. The highest BCUT2D eigenvalue weighted by Crippen LogP contribution is 2.17. The van der Waals surface area contributed by atoms with Gasteiger partial charge in [-0.05, 0) is 36.2 Å². The molecule has 1 aliphatic heterocycles. The Balaban J connectivity index is 1.57. The van der Waals surface area contributed by atoms with Crippen LogP contribution in [0.4, 0.5) is 5.69 Å². The lowest BCUT2D eigenvalue weighted by atomic mass is 10.1. The van der Waals surface area contributed by atoms with Crippen molar-refractivity contribution in [2.24, 2.45) is 10.9 Å². The van der Waals surface area contributed by atoms with Crippen LogP contribution in [0.15, 0.2) is 53.5 Å². The first-order chi connectivity index (χ1) is 15.5. The van der Waals surface area contributed by atoms with E-state index < -0.39 is 4.92 Å². The molecule has 172 valence electrons. The van der Waals surface area contributed by atoms with Crippen LogP contribution in [-0.2, 0) is 11.3 Å². The second-order valence-corrected chi connectivity index (χ2v) is 7.62. The lowest BCUT2D eigenvalue weighted by Gasteiger charge is -2.24. The number of rotatable bonds is 10. The van der Waals surface area contributed by atoms with Crippen LogP contribution in [0.5, 0.6) is 11.5 Å². The predicted octanol–water partition coefficient (Wildman–Crippen LogP) is 3.10. The minimum absolute atomic E-state index is 0.0742. The van der Waals surface area contributed by atoms with Gasteiger partial charge in [-0.1, -0.05) is 12.1 Å². The van der Waals surface area contributed by atoms with Crippen molar-refractivity contribution in [1.82, 2.24) is 10.2 Å². The maximum absolute atomic E-state index is 10.8. The average Bonchev–Trinajstić information content (AvgIpc) is 3.33. The van der Waals surface area contributed by atoms with E-state index >= 15 is 0 Å². The van der Waals surface area contributed by atoms with Crippen molar-refractivity contribution >= 4 is 11.6 Å².